The van der Waals surface area contributed by atoms with Gasteiger partial charge in [-0.05, 0) is 19.1 Å². The second kappa shape index (κ2) is 7.04. The van der Waals surface area contributed by atoms with E-state index in [-0.39, 0.29) is 18.6 Å². The number of rotatable bonds is 6. The Morgan fingerprint density at radius 2 is 2.00 bits per heavy atom. The molecule has 0 radical (unpaired) electrons. The molecule has 2 aromatic rings. The number of fused-ring (bicyclic) bond motifs is 1. The summed E-state index contributed by atoms with van der Waals surface area (Å²) in [6.07, 6.45) is -0.637. The van der Waals surface area contributed by atoms with Crippen molar-refractivity contribution in [1.29, 1.82) is 0 Å². The molecule has 1 aromatic heterocycles. The van der Waals surface area contributed by atoms with Crippen molar-refractivity contribution in [3.63, 3.8) is 0 Å². The Morgan fingerprint density at radius 3 is 2.72 bits per heavy atom. The van der Waals surface area contributed by atoms with E-state index < -0.39 is 6.10 Å². The maximum absolute atomic E-state index is 12.5. The van der Waals surface area contributed by atoms with Crippen LogP contribution in [0.25, 0.3) is 0 Å². The molecule has 0 aliphatic carbocycles. The van der Waals surface area contributed by atoms with Crippen molar-refractivity contribution in [3.05, 3.63) is 35.7 Å². The molecule has 1 amide bonds. The molecular formula is C18H22N2O5. The van der Waals surface area contributed by atoms with E-state index in [4.69, 9.17) is 18.7 Å². The van der Waals surface area contributed by atoms with E-state index in [1.165, 1.54) is 0 Å². The van der Waals surface area contributed by atoms with Gasteiger partial charge in [0.2, 0.25) is 6.79 Å². The van der Waals surface area contributed by atoms with Crippen LogP contribution in [-0.2, 0) is 11.3 Å². The summed E-state index contributed by atoms with van der Waals surface area (Å²) < 4.78 is 21.6. The summed E-state index contributed by atoms with van der Waals surface area (Å²) in [5.41, 5.74) is 0.717. The van der Waals surface area contributed by atoms with Crippen LogP contribution in [0.3, 0.4) is 0 Å². The summed E-state index contributed by atoms with van der Waals surface area (Å²) in [7, 11) is 1.71. The Labute approximate surface area is 146 Å². The molecule has 3 rings (SSSR count). The number of carbonyl (C=O) groups is 1. The highest BCUT2D eigenvalue weighted by molar-refractivity contribution is 5.80. The number of carbonyl (C=O) groups excluding carboxylic acids is 1. The minimum Gasteiger partial charge on any atom is -0.481 e. The van der Waals surface area contributed by atoms with Crippen LogP contribution in [0, 0.1) is 0 Å². The van der Waals surface area contributed by atoms with Gasteiger partial charge in [0, 0.05) is 25.1 Å². The van der Waals surface area contributed by atoms with Crippen molar-refractivity contribution in [2.24, 2.45) is 0 Å². The van der Waals surface area contributed by atoms with E-state index >= 15 is 0 Å². The number of hydrogen-bond acceptors (Lipinski definition) is 6. The minimum absolute atomic E-state index is 0.147. The third-order valence-electron chi connectivity index (χ3n) is 3.93. The lowest BCUT2D eigenvalue weighted by molar-refractivity contribution is -0.137. The first-order valence-electron chi connectivity index (χ1n) is 8.21. The molecule has 1 aliphatic heterocycles. The molecule has 0 saturated heterocycles. The van der Waals surface area contributed by atoms with Crippen molar-refractivity contribution < 1.29 is 23.5 Å². The van der Waals surface area contributed by atoms with Gasteiger partial charge in [-0.2, -0.15) is 0 Å². The number of nitrogens with zero attached hydrogens (tertiary/aromatic N) is 2. The molecule has 7 heteroatoms. The Bertz CT molecular complexity index is 756. The highest BCUT2D eigenvalue weighted by atomic mass is 16.7. The van der Waals surface area contributed by atoms with E-state index in [2.05, 4.69) is 5.16 Å². The summed E-state index contributed by atoms with van der Waals surface area (Å²) >= 11 is 0. The fourth-order valence-electron chi connectivity index (χ4n) is 2.51. The van der Waals surface area contributed by atoms with E-state index in [1.54, 1.807) is 37.1 Å². The van der Waals surface area contributed by atoms with Gasteiger partial charge < -0.3 is 23.6 Å². The van der Waals surface area contributed by atoms with E-state index in [0.717, 1.165) is 11.5 Å². The zero-order chi connectivity index (χ0) is 18.0. The Morgan fingerprint density at radius 1 is 1.24 bits per heavy atom. The monoisotopic (exact) mass is 346 g/mol. The summed E-state index contributed by atoms with van der Waals surface area (Å²) in [6.45, 7) is 6.34. The van der Waals surface area contributed by atoms with Gasteiger partial charge in [0.1, 0.15) is 17.2 Å². The molecule has 1 aliphatic rings. The number of hydrogen-bond donors (Lipinski definition) is 0. The number of amides is 1. The van der Waals surface area contributed by atoms with Crippen molar-refractivity contribution >= 4 is 5.91 Å². The van der Waals surface area contributed by atoms with Crippen LogP contribution >= 0.6 is 0 Å². The van der Waals surface area contributed by atoms with Crippen LogP contribution < -0.4 is 14.2 Å². The normalized spacial score (nSPS) is 13.8. The van der Waals surface area contributed by atoms with Gasteiger partial charge >= 0.3 is 0 Å². The lowest BCUT2D eigenvalue weighted by Crippen LogP contribution is -2.37. The number of aromatic nitrogens is 1. The number of benzene rings is 1. The van der Waals surface area contributed by atoms with Crippen LogP contribution in [0.1, 0.15) is 38.1 Å². The standard InChI is InChI=1S/C18H22N2O5/c1-11(2)16-7-13(19-25-16)9-20(4)18(21)12(3)24-14-5-6-15-17(8-14)23-10-22-15/h5-8,11-12H,9-10H2,1-4H3/t12-/m0/s1. The molecule has 0 bridgehead atoms. The number of likely N-dealkylation sites (N-methyl/N-ethyl adjacent to an activating group) is 1. The minimum atomic E-state index is -0.637. The second-order valence-electron chi connectivity index (χ2n) is 6.34. The van der Waals surface area contributed by atoms with E-state index in [1.807, 2.05) is 19.9 Å². The van der Waals surface area contributed by atoms with Crippen molar-refractivity contribution in [2.45, 2.75) is 39.3 Å². The molecule has 0 N–H and O–H groups in total. The average Bonchev–Trinajstić information content (AvgIpc) is 3.22. The fraction of sp³-hybridized carbons (Fsp3) is 0.444. The highest BCUT2D eigenvalue weighted by Gasteiger charge is 2.22. The summed E-state index contributed by atoms with van der Waals surface area (Å²) in [6, 6.07) is 7.11. The molecule has 0 saturated carbocycles. The summed E-state index contributed by atoms with van der Waals surface area (Å²) in [4.78, 5) is 14.1. The lowest BCUT2D eigenvalue weighted by Gasteiger charge is -2.21. The second-order valence-corrected chi connectivity index (χ2v) is 6.34. The van der Waals surface area contributed by atoms with Gasteiger partial charge in [-0.3, -0.25) is 4.79 Å². The first kappa shape index (κ1) is 17.1. The van der Waals surface area contributed by atoms with Crippen LogP contribution in [0.4, 0.5) is 0 Å². The van der Waals surface area contributed by atoms with Gasteiger partial charge in [0.15, 0.2) is 17.6 Å². The topological polar surface area (TPSA) is 74.0 Å². The molecule has 1 atom stereocenters. The van der Waals surface area contributed by atoms with Crippen LogP contribution in [0.5, 0.6) is 17.2 Å². The maximum atomic E-state index is 12.5. The largest absolute Gasteiger partial charge is 0.481 e. The van der Waals surface area contributed by atoms with Crippen LogP contribution in [-0.4, -0.2) is 35.9 Å². The predicted octanol–water partition coefficient (Wildman–Crippen LogP) is 2.95. The zero-order valence-electron chi connectivity index (χ0n) is 14.8. The van der Waals surface area contributed by atoms with Crippen molar-refractivity contribution in [2.75, 3.05) is 13.8 Å². The zero-order valence-corrected chi connectivity index (χ0v) is 14.8. The third kappa shape index (κ3) is 3.87. The molecule has 0 fully saturated rings. The molecule has 25 heavy (non-hydrogen) atoms. The molecule has 1 aromatic carbocycles. The first-order valence-corrected chi connectivity index (χ1v) is 8.21. The van der Waals surface area contributed by atoms with Gasteiger partial charge in [-0.25, -0.2) is 0 Å². The molecule has 2 heterocycles. The van der Waals surface area contributed by atoms with Gasteiger partial charge in [-0.15, -0.1) is 0 Å². The third-order valence-corrected chi connectivity index (χ3v) is 3.93. The smallest absolute Gasteiger partial charge is 0.263 e. The molecule has 7 nitrogen and oxygen atoms in total. The van der Waals surface area contributed by atoms with E-state index in [0.29, 0.717) is 23.8 Å². The predicted molar refractivity (Wildman–Crippen MR) is 89.7 cm³/mol. The number of ether oxygens (including phenoxy) is 3. The van der Waals surface area contributed by atoms with Crippen molar-refractivity contribution in [1.82, 2.24) is 10.1 Å². The van der Waals surface area contributed by atoms with Gasteiger partial charge in [-0.1, -0.05) is 19.0 Å². The molecular weight excluding hydrogens is 324 g/mol. The average molecular weight is 346 g/mol. The lowest BCUT2D eigenvalue weighted by atomic mass is 10.1. The Hall–Kier alpha value is -2.70. The van der Waals surface area contributed by atoms with Crippen LogP contribution in [0.2, 0.25) is 0 Å². The van der Waals surface area contributed by atoms with Crippen molar-refractivity contribution in [3.8, 4) is 17.2 Å². The van der Waals surface area contributed by atoms with Gasteiger partial charge in [0.05, 0.1) is 6.54 Å². The molecule has 134 valence electrons. The Kier molecular flexibility index (Phi) is 4.83. The fourth-order valence-corrected chi connectivity index (χ4v) is 2.51. The quantitative estimate of drug-likeness (QED) is 0.801. The maximum Gasteiger partial charge on any atom is 0.263 e. The molecule has 0 spiro atoms. The highest BCUT2D eigenvalue weighted by Crippen LogP contribution is 2.35. The SMILES string of the molecule is CC(C)c1cc(CN(C)C(=O)[C@H](C)Oc2ccc3c(c2)OCO3)no1. The first-order chi connectivity index (χ1) is 11.9. The van der Waals surface area contributed by atoms with Gasteiger partial charge in [0.25, 0.3) is 5.91 Å². The summed E-state index contributed by atoms with van der Waals surface area (Å²) in [5.74, 6) is 2.77. The summed E-state index contributed by atoms with van der Waals surface area (Å²) in [5, 5.41) is 4.00. The molecule has 0 unspecified atom stereocenters. The Balaban J connectivity index is 1.59. The van der Waals surface area contributed by atoms with E-state index in [9.17, 15) is 4.79 Å². The van der Waals surface area contributed by atoms with Crippen LogP contribution in [0.15, 0.2) is 28.8 Å².